The van der Waals surface area contributed by atoms with E-state index in [9.17, 15) is 4.21 Å². The molecule has 1 N–H and O–H groups in total. The van der Waals surface area contributed by atoms with Gasteiger partial charge in [-0.05, 0) is 0 Å². The Kier molecular flexibility index (Phi) is 8.48. The summed E-state index contributed by atoms with van der Waals surface area (Å²) in [5, 5.41) is 0. The van der Waals surface area contributed by atoms with Gasteiger partial charge in [-0.3, -0.25) is 8.76 Å². The Morgan fingerprint density at radius 1 is 1.43 bits per heavy atom. The van der Waals surface area contributed by atoms with Gasteiger partial charge in [0.1, 0.15) is 0 Å². The van der Waals surface area contributed by atoms with Crippen LogP contribution in [0.3, 0.4) is 0 Å². The molecule has 0 aliphatic heterocycles. The van der Waals surface area contributed by atoms with Gasteiger partial charge in [0.2, 0.25) is 10.1 Å². The van der Waals surface area contributed by atoms with Crippen LogP contribution in [0, 0.1) is 0 Å². The third-order valence-electron chi connectivity index (χ3n) is 0.116. The van der Waals surface area contributed by atoms with Gasteiger partial charge in [0.25, 0.3) is 0 Å². The zero-order valence-electron chi connectivity index (χ0n) is 3.49. The predicted octanol–water partition coefficient (Wildman–Crippen LogP) is -3.99. The SMILES string of the molecule is O=S([O-])S(=O)O.[Na+]. The molecule has 7 heteroatoms. The van der Waals surface area contributed by atoms with Gasteiger partial charge in [-0.1, -0.05) is 0 Å². The van der Waals surface area contributed by atoms with Crippen molar-refractivity contribution in [2.75, 3.05) is 0 Å². The standard InChI is InChI=1S/Na.H2O4S2/c;1-5(2)6(3)4/h;(H,1,2)(H,3,4)/q+1;/p-1. The molecule has 0 aromatic rings. The van der Waals surface area contributed by atoms with E-state index in [-0.39, 0.29) is 29.6 Å². The molecule has 0 radical (unpaired) electrons. The second-order valence-electron chi connectivity index (χ2n) is 0.421. The molecule has 0 aliphatic carbocycles. The van der Waals surface area contributed by atoms with Crippen LogP contribution in [0.25, 0.3) is 0 Å². The molecule has 38 valence electrons. The molecular formula is HNaO4S2. The molecule has 0 amide bonds. The summed E-state index contributed by atoms with van der Waals surface area (Å²) in [6.07, 6.45) is 0. The average Bonchev–Trinajstić information content (AvgIpc) is 1.36. The van der Waals surface area contributed by atoms with Crippen LogP contribution in [-0.2, 0) is 20.2 Å². The molecule has 0 saturated carbocycles. The van der Waals surface area contributed by atoms with Gasteiger partial charge in [0.05, 0.1) is 10.1 Å². The molecule has 7 heavy (non-hydrogen) atoms. The van der Waals surface area contributed by atoms with Gasteiger partial charge in [-0.25, -0.2) is 4.21 Å². The Hall–Kier alpha value is 1.22. The third kappa shape index (κ3) is 7.22. The van der Waals surface area contributed by atoms with Crippen molar-refractivity contribution in [3.63, 3.8) is 0 Å². The van der Waals surface area contributed by atoms with Crippen molar-refractivity contribution >= 4 is 20.2 Å². The monoisotopic (exact) mass is 152 g/mol. The van der Waals surface area contributed by atoms with E-state index < -0.39 is 20.2 Å². The van der Waals surface area contributed by atoms with Crippen LogP contribution < -0.4 is 29.6 Å². The number of hydrogen-bond acceptors (Lipinski definition) is 3. The Morgan fingerprint density at radius 2 is 1.57 bits per heavy atom. The van der Waals surface area contributed by atoms with E-state index in [4.69, 9.17) is 13.3 Å². The van der Waals surface area contributed by atoms with Gasteiger partial charge in [-0.15, -0.1) is 0 Å². The maximum Gasteiger partial charge on any atom is 1.00 e. The van der Waals surface area contributed by atoms with Crippen molar-refractivity contribution in [2.24, 2.45) is 0 Å². The summed E-state index contributed by atoms with van der Waals surface area (Å²) in [5.74, 6) is 0. The fourth-order valence-electron chi connectivity index (χ4n) is 0. The third-order valence-corrected chi connectivity index (χ3v) is 1.05. The molecule has 0 aromatic carbocycles. The smallest absolute Gasteiger partial charge is 0.760 e. The topological polar surface area (TPSA) is 77.4 Å². The minimum absolute atomic E-state index is 0. The quantitative estimate of drug-likeness (QED) is 0.236. The van der Waals surface area contributed by atoms with E-state index in [1.807, 2.05) is 0 Å². The van der Waals surface area contributed by atoms with Crippen LogP contribution >= 0.6 is 0 Å². The molecule has 0 rings (SSSR count). The first-order valence-corrected chi connectivity index (χ1v) is 3.55. The molecule has 2 atom stereocenters. The molecule has 4 nitrogen and oxygen atoms in total. The largest absolute Gasteiger partial charge is 1.00 e. The van der Waals surface area contributed by atoms with Crippen molar-refractivity contribution in [1.82, 2.24) is 0 Å². The fraction of sp³-hybridized carbons (Fsp3) is 0. The first-order valence-electron chi connectivity index (χ1n) is 0.849. The van der Waals surface area contributed by atoms with E-state index in [0.29, 0.717) is 0 Å². The second kappa shape index (κ2) is 5.36. The zero-order valence-corrected chi connectivity index (χ0v) is 7.12. The van der Waals surface area contributed by atoms with Gasteiger partial charge in [-0.2, -0.15) is 0 Å². The summed E-state index contributed by atoms with van der Waals surface area (Å²) in [5.41, 5.74) is 0. The zero-order chi connectivity index (χ0) is 5.15. The van der Waals surface area contributed by atoms with E-state index in [1.54, 1.807) is 0 Å². The molecule has 0 bridgehead atoms. The van der Waals surface area contributed by atoms with Crippen molar-refractivity contribution in [2.45, 2.75) is 0 Å². The normalized spacial score (nSPS) is 16.9. The maximum absolute atomic E-state index is 9.20. The minimum Gasteiger partial charge on any atom is -0.760 e. The Bertz CT molecular complexity index is 75.7. The Labute approximate surface area is 66.9 Å². The summed E-state index contributed by atoms with van der Waals surface area (Å²) in [6, 6.07) is 0. The van der Waals surface area contributed by atoms with Gasteiger partial charge < -0.3 is 4.55 Å². The molecule has 0 aliphatic rings. The molecule has 0 heterocycles. The van der Waals surface area contributed by atoms with E-state index in [1.165, 1.54) is 0 Å². The number of hydrogen-bond donors (Lipinski definition) is 1. The van der Waals surface area contributed by atoms with E-state index in [0.717, 1.165) is 0 Å². The van der Waals surface area contributed by atoms with Crippen LogP contribution in [0.2, 0.25) is 0 Å². The summed E-state index contributed by atoms with van der Waals surface area (Å²) < 4.78 is 35.0. The predicted molar refractivity (Wildman–Crippen MR) is 19.7 cm³/mol. The summed E-state index contributed by atoms with van der Waals surface area (Å²) >= 11 is 0. The average molecular weight is 152 g/mol. The molecule has 0 fully saturated rings. The molecule has 0 spiro atoms. The number of rotatable bonds is 1. The first-order chi connectivity index (χ1) is 2.64. The van der Waals surface area contributed by atoms with Crippen LogP contribution in [0.1, 0.15) is 0 Å². The summed E-state index contributed by atoms with van der Waals surface area (Å²) in [7, 11) is -5.54. The van der Waals surface area contributed by atoms with Gasteiger partial charge in [0.15, 0.2) is 0 Å². The minimum atomic E-state index is -2.84. The molecule has 0 saturated heterocycles. The van der Waals surface area contributed by atoms with Crippen molar-refractivity contribution in [3.8, 4) is 0 Å². The van der Waals surface area contributed by atoms with E-state index in [2.05, 4.69) is 0 Å². The fourth-order valence-corrected chi connectivity index (χ4v) is 0. The molecule has 2 unspecified atom stereocenters. The van der Waals surface area contributed by atoms with Crippen molar-refractivity contribution in [1.29, 1.82) is 0 Å². The van der Waals surface area contributed by atoms with Crippen LogP contribution in [-0.4, -0.2) is 17.5 Å². The van der Waals surface area contributed by atoms with Crippen LogP contribution in [0.15, 0.2) is 0 Å². The van der Waals surface area contributed by atoms with Crippen LogP contribution in [0.5, 0.6) is 0 Å². The Balaban J connectivity index is 0. The maximum atomic E-state index is 9.20. The van der Waals surface area contributed by atoms with Gasteiger partial charge >= 0.3 is 29.6 Å². The first kappa shape index (κ1) is 11.1. The van der Waals surface area contributed by atoms with Crippen molar-refractivity contribution in [3.05, 3.63) is 0 Å². The summed E-state index contributed by atoms with van der Waals surface area (Å²) in [4.78, 5) is 0. The van der Waals surface area contributed by atoms with E-state index >= 15 is 0 Å². The van der Waals surface area contributed by atoms with Crippen LogP contribution in [0.4, 0.5) is 0 Å². The Morgan fingerprint density at radius 3 is 1.57 bits per heavy atom. The molecular weight excluding hydrogens is 151 g/mol. The second-order valence-corrected chi connectivity index (χ2v) is 2.94. The van der Waals surface area contributed by atoms with Gasteiger partial charge in [0, 0.05) is 0 Å². The molecule has 0 aromatic heterocycles. The van der Waals surface area contributed by atoms with Crippen molar-refractivity contribution < 1.29 is 47.1 Å². The summed E-state index contributed by atoms with van der Waals surface area (Å²) in [6.45, 7) is 0.